The summed E-state index contributed by atoms with van der Waals surface area (Å²) < 4.78 is 4.74. The van der Waals surface area contributed by atoms with Crippen LogP contribution in [-0.4, -0.2) is 17.7 Å². The zero-order chi connectivity index (χ0) is 21.9. The Kier molecular flexibility index (Phi) is 7.61. The van der Waals surface area contributed by atoms with E-state index in [2.05, 4.69) is 0 Å². The van der Waals surface area contributed by atoms with Crippen molar-refractivity contribution in [2.45, 2.75) is 0 Å². The lowest BCUT2D eigenvalue weighted by Crippen LogP contribution is -2.12. The number of esters is 2. The van der Waals surface area contributed by atoms with Crippen LogP contribution in [0.25, 0.3) is 0 Å². The van der Waals surface area contributed by atoms with Gasteiger partial charge in [0.05, 0.1) is 11.1 Å². The fraction of sp³-hybridized carbons (Fsp3) is 0. The third-order valence-corrected chi connectivity index (χ3v) is 4.28. The quantitative estimate of drug-likeness (QED) is 0.250. The first-order valence-electron chi connectivity index (χ1n) is 9.66. The second-order valence-electron chi connectivity index (χ2n) is 6.47. The maximum atomic E-state index is 11.8. The summed E-state index contributed by atoms with van der Waals surface area (Å²) in [6.07, 6.45) is 0. The van der Waals surface area contributed by atoms with Crippen molar-refractivity contribution in [1.82, 2.24) is 0 Å². The van der Waals surface area contributed by atoms with Crippen molar-refractivity contribution in [2.75, 3.05) is 0 Å². The van der Waals surface area contributed by atoms with Crippen LogP contribution < -0.4 is 0 Å². The Morgan fingerprint density at radius 3 is 0.935 bits per heavy atom. The van der Waals surface area contributed by atoms with Crippen LogP contribution in [-0.2, 0) is 4.74 Å². The number of benzene rings is 4. The number of ketones is 1. The first-order chi connectivity index (χ1) is 15.1. The standard InChI is InChI=1S/C14H10O3.C13H10O/c15-13(11-7-3-1-4-8-11)17-14(16)12-9-5-2-6-10-12;14-13(11-7-3-1-4-8-11)12-9-5-2-6-10-12/h1-10H;1-10H. The van der Waals surface area contributed by atoms with E-state index in [1.54, 1.807) is 60.7 Å². The number of carbonyl (C=O) groups is 3. The van der Waals surface area contributed by atoms with Gasteiger partial charge in [-0.2, -0.15) is 0 Å². The van der Waals surface area contributed by atoms with Crippen molar-refractivity contribution >= 4 is 17.7 Å². The Morgan fingerprint density at radius 2 is 0.645 bits per heavy atom. The fourth-order valence-corrected chi connectivity index (χ4v) is 2.70. The van der Waals surface area contributed by atoms with Crippen LogP contribution >= 0.6 is 0 Å². The Morgan fingerprint density at radius 1 is 0.387 bits per heavy atom. The molecule has 0 aliphatic rings. The minimum atomic E-state index is -0.639. The molecule has 152 valence electrons. The summed E-state index contributed by atoms with van der Waals surface area (Å²) in [5.74, 6) is -1.20. The van der Waals surface area contributed by atoms with Gasteiger partial charge in [0, 0.05) is 11.1 Å². The van der Waals surface area contributed by atoms with E-state index < -0.39 is 11.9 Å². The highest BCUT2D eigenvalue weighted by molar-refractivity contribution is 6.08. The smallest absolute Gasteiger partial charge is 0.346 e. The molecule has 0 atom stereocenters. The topological polar surface area (TPSA) is 60.4 Å². The molecule has 0 aliphatic heterocycles. The molecular weight excluding hydrogens is 388 g/mol. The summed E-state index contributed by atoms with van der Waals surface area (Å²) in [4.78, 5) is 35.0. The van der Waals surface area contributed by atoms with Gasteiger partial charge in [-0.05, 0) is 24.3 Å². The van der Waals surface area contributed by atoms with E-state index in [0.717, 1.165) is 11.1 Å². The van der Waals surface area contributed by atoms with Crippen LogP contribution in [0.1, 0.15) is 36.6 Å². The van der Waals surface area contributed by atoms with Gasteiger partial charge in [-0.1, -0.05) is 97.1 Å². The van der Waals surface area contributed by atoms with Gasteiger partial charge in [0.15, 0.2) is 5.78 Å². The number of rotatable bonds is 4. The van der Waals surface area contributed by atoms with Gasteiger partial charge in [0.2, 0.25) is 0 Å². The molecule has 0 bridgehead atoms. The monoisotopic (exact) mass is 408 g/mol. The largest absolute Gasteiger partial charge is 0.386 e. The maximum Gasteiger partial charge on any atom is 0.346 e. The highest BCUT2D eigenvalue weighted by Crippen LogP contribution is 2.08. The molecule has 0 aromatic heterocycles. The Balaban J connectivity index is 0.000000179. The molecule has 0 N–H and O–H groups in total. The summed E-state index contributed by atoms with van der Waals surface area (Å²) in [5, 5.41) is 0. The first-order valence-corrected chi connectivity index (χ1v) is 9.66. The van der Waals surface area contributed by atoms with Crippen LogP contribution in [0, 0.1) is 0 Å². The lowest BCUT2D eigenvalue weighted by atomic mass is 10.0. The van der Waals surface area contributed by atoms with Crippen LogP contribution in [0.4, 0.5) is 0 Å². The maximum absolute atomic E-state index is 11.8. The van der Waals surface area contributed by atoms with Gasteiger partial charge in [-0.3, -0.25) is 4.79 Å². The van der Waals surface area contributed by atoms with Crippen molar-refractivity contribution < 1.29 is 19.1 Å². The van der Waals surface area contributed by atoms with Crippen molar-refractivity contribution in [3.05, 3.63) is 144 Å². The van der Waals surface area contributed by atoms with E-state index in [-0.39, 0.29) is 5.78 Å². The normalized spacial score (nSPS) is 9.68. The lowest BCUT2D eigenvalue weighted by molar-refractivity contribution is 0.0397. The zero-order valence-corrected chi connectivity index (χ0v) is 16.7. The van der Waals surface area contributed by atoms with Crippen molar-refractivity contribution in [3.8, 4) is 0 Å². The molecule has 0 radical (unpaired) electrons. The molecule has 0 saturated heterocycles. The molecule has 4 aromatic carbocycles. The fourth-order valence-electron chi connectivity index (χ4n) is 2.70. The van der Waals surface area contributed by atoms with Gasteiger partial charge >= 0.3 is 11.9 Å². The molecule has 4 rings (SSSR count). The Bertz CT molecular complexity index is 1030. The molecule has 4 nitrogen and oxygen atoms in total. The summed E-state index contributed by atoms with van der Waals surface area (Å²) in [5.41, 5.74) is 2.19. The SMILES string of the molecule is O=C(OC(=O)c1ccccc1)c1ccccc1.O=C(c1ccccc1)c1ccccc1. The molecule has 0 saturated carbocycles. The molecule has 0 unspecified atom stereocenters. The summed E-state index contributed by atoms with van der Waals surface area (Å²) in [6, 6.07) is 35.4. The van der Waals surface area contributed by atoms with Crippen LogP contribution in [0.5, 0.6) is 0 Å². The summed E-state index contributed by atoms with van der Waals surface area (Å²) in [6.45, 7) is 0. The highest BCUT2D eigenvalue weighted by atomic mass is 16.6. The Hall–Kier alpha value is -4.31. The molecule has 4 aromatic rings. The molecule has 4 heteroatoms. The third kappa shape index (κ3) is 6.34. The van der Waals surface area contributed by atoms with E-state index in [0.29, 0.717) is 11.1 Å². The van der Waals surface area contributed by atoms with Gasteiger partial charge in [0.25, 0.3) is 0 Å². The zero-order valence-electron chi connectivity index (χ0n) is 16.7. The molecule has 31 heavy (non-hydrogen) atoms. The number of hydrogen-bond donors (Lipinski definition) is 0. The second kappa shape index (κ2) is 11.0. The van der Waals surface area contributed by atoms with Crippen LogP contribution in [0.15, 0.2) is 121 Å². The minimum Gasteiger partial charge on any atom is -0.386 e. The third-order valence-electron chi connectivity index (χ3n) is 4.28. The van der Waals surface area contributed by atoms with E-state index >= 15 is 0 Å². The molecule has 0 spiro atoms. The lowest BCUT2D eigenvalue weighted by Gasteiger charge is -2.02. The minimum absolute atomic E-state index is 0.0752. The van der Waals surface area contributed by atoms with Crippen molar-refractivity contribution in [2.24, 2.45) is 0 Å². The summed E-state index contributed by atoms with van der Waals surface area (Å²) in [7, 11) is 0. The predicted octanol–water partition coefficient (Wildman–Crippen LogP) is 5.60. The first kappa shape index (κ1) is 21.4. The van der Waals surface area contributed by atoms with Gasteiger partial charge < -0.3 is 4.74 Å². The van der Waals surface area contributed by atoms with E-state index in [9.17, 15) is 14.4 Å². The van der Waals surface area contributed by atoms with Gasteiger partial charge in [-0.25, -0.2) is 9.59 Å². The summed E-state index contributed by atoms with van der Waals surface area (Å²) >= 11 is 0. The Labute approximate surface area is 180 Å². The predicted molar refractivity (Wildman–Crippen MR) is 119 cm³/mol. The van der Waals surface area contributed by atoms with E-state index in [1.807, 2.05) is 60.7 Å². The highest BCUT2D eigenvalue weighted by Gasteiger charge is 2.13. The number of carbonyl (C=O) groups excluding carboxylic acids is 3. The van der Waals surface area contributed by atoms with Crippen LogP contribution in [0.3, 0.4) is 0 Å². The number of ether oxygens (including phenoxy) is 1. The molecule has 0 heterocycles. The van der Waals surface area contributed by atoms with Gasteiger partial charge in [-0.15, -0.1) is 0 Å². The molecule has 0 aliphatic carbocycles. The molecular formula is C27H20O4. The van der Waals surface area contributed by atoms with Crippen LogP contribution in [0.2, 0.25) is 0 Å². The van der Waals surface area contributed by atoms with E-state index in [1.165, 1.54) is 0 Å². The molecule has 0 fully saturated rings. The molecule has 0 amide bonds. The van der Waals surface area contributed by atoms with E-state index in [4.69, 9.17) is 4.74 Å². The second-order valence-corrected chi connectivity index (χ2v) is 6.47. The average Bonchev–Trinajstić information content (AvgIpc) is 2.86. The number of hydrogen-bond acceptors (Lipinski definition) is 4. The average molecular weight is 408 g/mol. The van der Waals surface area contributed by atoms with Crippen molar-refractivity contribution in [3.63, 3.8) is 0 Å². The van der Waals surface area contributed by atoms with Crippen molar-refractivity contribution in [1.29, 1.82) is 0 Å². The van der Waals surface area contributed by atoms with Gasteiger partial charge in [0.1, 0.15) is 0 Å².